The number of phenolic OH excluding ortho intramolecular Hbond substituents is 3. The van der Waals surface area contributed by atoms with Gasteiger partial charge in [0, 0.05) is 17.7 Å². The lowest BCUT2D eigenvalue weighted by Crippen LogP contribution is -2.60. The number of aliphatic hydroxyl groups is 3. The van der Waals surface area contributed by atoms with E-state index in [0.29, 0.717) is 5.56 Å². The number of hydrogen-bond donors (Lipinski definition) is 6. The Balaban J connectivity index is 1.44. The molecule has 5 atom stereocenters. The SMILES string of the molecule is COc1cc(-c2oc3cc(=O)cc(O)c-3cc2OC2OC(COC(=[OH+])C=Cc3ccc(O)cc3)C(O)C(O)C2O)cc(OC)c1O. The number of hydrogen-bond acceptors (Lipinski definition) is 13. The highest BCUT2D eigenvalue weighted by atomic mass is 16.7. The van der Waals surface area contributed by atoms with E-state index in [1.165, 1.54) is 56.7 Å². The van der Waals surface area contributed by atoms with Crippen molar-refractivity contribution in [1.29, 1.82) is 0 Å². The third kappa shape index (κ3) is 6.69. The van der Waals surface area contributed by atoms with Crippen molar-refractivity contribution >= 4 is 12.0 Å². The number of ether oxygens (including phenoxy) is 5. The van der Waals surface area contributed by atoms with Gasteiger partial charge < -0.3 is 63.5 Å². The molecule has 242 valence electrons. The molecule has 3 aliphatic rings. The van der Waals surface area contributed by atoms with E-state index in [9.17, 15) is 40.2 Å². The van der Waals surface area contributed by atoms with Gasteiger partial charge in [0.15, 0.2) is 34.5 Å². The average molecular weight is 640 g/mol. The van der Waals surface area contributed by atoms with E-state index >= 15 is 0 Å². The summed E-state index contributed by atoms with van der Waals surface area (Å²) in [5.41, 5.74) is 0.372. The molecule has 5 unspecified atom stereocenters. The van der Waals surface area contributed by atoms with Gasteiger partial charge in [0.05, 0.1) is 25.9 Å². The van der Waals surface area contributed by atoms with Gasteiger partial charge in [-0.05, 0) is 42.0 Å². The van der Waals surface area contributed by atoms with E-state index in [-0.39, 0.29) is 51.4 Å². The lowest BCUT2D eigenvalue weighted by molar-refractivity contribution is -0.276. The number of rotatable bonds is 9. The van der Waals surface area contributed by atoms with Crippen LogP contribution < -0.4 is 19.6 Å². The van der Waals surface area contributed by atoms with Crippen LogP contribution in [0.2, 0.25) is 0 Å². The van der Waals surface area contributed by atoms with Gasteiger partial charge in [0.2, 0.25) is 18.6 Å². The normalized spacial score (nSPS) is 21.3. The Kier molecular flexibility index (Phi) is 9.34. The Morgan fingerprint density at radius 2 is 1.57 bits per heavy atom. The molecule has 14 nitrogen and oxygen atoms in total. The smallest absolute Gasteiger partial charge is 0.508 e. The maximum atomic E-state index is 12.1. The lowest BCUT2D eigenvalue weighted by atomic mass is 9.99. The molecule has 0 amide bonds. The molecule has 2 aromatic rings. The van der Waals surface area contributed by atoms with Crippen molar-refractivity contribution in [2.75, 3.05) is 20.8 Å². The molecule has 0 bridgehead atoms. The molecule has 14 heteroatoms. The molecule has 1 fully saturated rings. The van der Waals surface area contributed by atoms with Gasteiger partial charge in [-0.3, -0.25) is 4.79 Å². The predicted octanol–water partition coefficient (Wildman–Crippen LogP) is 1.96. The molecular formula is C32H31O14+. The number of esters is 1. The molecule has 1 saturated heterocycles. The molecular weight excluding hydrogens is 608 g/mol. The molecule has 46 heavy (non-hydrogen) atoms. The molecule has 2 aromatic carbocycles. The van der Waals surface area contributed by atoms with Gasteiger partial charge in [-0.25, -0.2) is 0 Å². The van der Waals surface area contributed by atoms with E-state index in [1.54, 1.807) is 12.1 Å². The number of benzene rings is 3. The van der Waals surface area contributed by atoms with E-state index in [4.69, 9.17) is 28.1 Å². The predicted molar refractivity (Wildman–Crippen MR) is 161 cm³/mol. The fraction of sp³-hybridized carbons (Fsp3) is 0.250. The Morgan fingerprint density at radius 1 is 0.891 bits per heavy atom. The highest BCUT2D eigenvalue weighted by molar-refractivity contribution is 5.88. The molecule has 2 aliphatic heterocycles. The Hall–Kier alpha value is -5.28. The van der Waals surface area contributed by atoms with Gasteiger partial charge in [-0.15, -0.1) is 0 Å². The number of aliphatic hydroxyl groups excluding tert-OH is 3. The second-order valence-corrected chi connectivity index (χ2v) is 10.2. The van der Waals surface area contributed by atoms with Crippen LogP contribution in [0.4, 0.5) is 0 Å². The third-order valence-electron chi connectivity index (χ3n) is 7.17. The van der Waals surface area contributed by atoms with Gasteiger partial charge in [-0.2, -0.15) is 0 Å². The van der Waals surface area contributed by atoms with Crippen LogP contribution in [0.15, 0.2) is 69.9 Å². The van der Waals surface area contributed by atoms with Crippen LogP contribution in [0.1, 0.15) is 5.56 Å². The standard InChI is InChI=1S/C32H30O14/c1-41-22-9-16(10-23(42-2)27(22)37)31-24(13-19-20(35)11-18(34)12-21(19)44-31)45-32-30(40)29(39)28(38)25(46-32)14-43-26(36)8-5-15-3-6-17(33)7-4-15/h3-13,25,28-30,32-33,35,37-40H,14H2,1-2H3/p+1. The number of fused-ring (bicyclic) bond motifs is 1. The Morgan fingerprint density at radius 3 is 2.22 bits per heavy atom. The van der Waals surface area contributed by atoms with Crippen molar-refractivity contribution in [2.45, 2.75) is 30.7 Å². The molecule has 0 saturated carbocycles. The average Bonchev–Trinajstić information content (AvgIpc) is 3.04. The number of methoxy groups -OCH3 is 2. The van der Waals surface area contributed by atoms with Gasteiger partial charge in [-0.1, -0.05) is 12.1 Å². The van der Waals surface area contributed by atoms with Crippen LogP contribution in [-0.2, 0) is 9.47 Å². The minimum Gasteiger partial charge on any atom is -0.508 e. The second kappa shape index (κ2) is 13.4. The van der Waals surface area contributed by atoms with Crippen molar-refractivity contribution < 1.29 is 63.5 Å². The van der Waals surface area contributed by atoms with Crippen molar-refractivity contribution in [3.8, 4) is 57.1 Å². The zero-order chi connectivity index (χ0) is 33.1. The first kappa shape index (κ1) is 32.1. The van der Waals surface area contributed by atoms with E-state index in [2.05, 4.69) is 0 Å². The van der Waals surface area contributed by atoms with E-state index < -0.39 is 54.5 Å². The van der Waals surface area contributed by atoms with Crippen molar-refractivity contribution in [2.24, 2.45) is 0 Å². The minimum absolute atomic E-state index is 0.00348. The molecule has 1 aliphatic carbocycles. The quantitative estimate of drug-likeness (QED) is 0.0878. The van der Waals surface area contributed by atoms with Crippen molar-refractivity contribution in [1.82, 2.24) is 0 Å². The molecule has 0 aromatic heterocycles. The van der Waals surface area contributed by atoms with E-state index in [1.807, 2.05) is 0 Å². The van der Waals surface area contributed by atoms with Crippen LogP contribution in [0.25, 0.3) is 28.7 Å². The second-order valence-electron chi connectivity index (χ2n) is 10.2. The van der Waals surface area contributed by atoms with Gasteiger partial charge in [0.1, 0.15) is 35.6 Å². The zero-order valence-electron chi connectivity index (χ0n) is 24.4. The third-order valence-corrected chi connectivity index (χ3v) is 7.17. The Bertz CT molecular complexity index is 1740. The van der Waals surface area contributed by atoms with Crippen LogP contribution in [0.3, 0.4) is 0 Å². The highest BCUT2D eigenvalue weighted by Gasteiger charge is 2.47. The first-order valence-corrected chi connectivity index (χ1v) is 13.8. The minimum atomic E-state index is -1.80. The summed E-state index contributed by atoms with van der Waals surface area (Å²) in [6, 6.07) is 12.3. The van der Waals surface area contributed by atoms with Gasteiger partial charge in [0.25, 0.3) is 0 Å². The Labute approximate surface area is 260 Å². The summed E-state index contributed by atoms with van der Waals surface area (Å²) >= 11 is 0. The van der Waals surface area contributed by atoms with Crippen molar-refractivity contribution in [3.05, 3.63) is 76.5 Å². The fourth-order valence-corrected chi connectivity index (χ4v) is 4.73. The summed E-state index contributed by atoms with van der Waals surface area (Å²) in [4.78, 5) is 22.3. The van der Waals surface area contributed by atoms with Crippen LogP contribution in [-0.4, -0.2) is 92.9 Å². The molecule has 0 radical (unpaired) electrons. The lowest BCUT2D eigenvalue weighted by Gasteiger charge is -2.39. The highest BCUT2D eigenvalue weighted by Crippen LogP contribution is 2.46. The zero-order valence-corrected chi connectivity index (χ0v) is 24.4. The monoisotopic (exact) mass is 639 g/mol. The topological polar surface area (TPSA) is 219 Å². The number of aromatic hydroxyl groups is 3. The molecule has 7 N–H and O–H groups in total. The van der Waals surface area contributed by atoms with Crippen LogP contribution in [0, 0.1) is 0 Å². The fourth-order valence-electron chi connectivity index (χ4n) is 4.73. The number of carbonyl (C=O) groups excluding carboxylic acids is 1. The summed E-state index contributed by atoms with van der Waals surface area (Å²) in [7, 11) is 2.63. The largest absolute Gasteiger partial charge is 0.510 e. The van der Waals surface area contributed by atoms with Crippen LogP contribution >= 0.6 is 0 Å². The first-order chi connectivity index (χ1) is 22.0. The van der Waals surface area contributed by atoms with Crippen molar-refractivity contribution in [3.63, 3.8) is 0 Å². The number of phenols is 3. The summed E-state index contributed by atoms with van der Waals surface area (Å²) in [6.45, 7) is -0.481. The summed E-state index contributed by atoms with van der Waals surface area (Å²) in [5.74, 6) is -1.49. The molecule has 0 spiro atoms. The molecule has 2 heterocycles. The summed E-state index contributed by atoms with van der Waals surface area (Å²) < 4.78 is 33.4. The van der Waals surface area contributed by atoms with E-state index in [0.717, 1.165) is 12.1 Å². The van der Waals surface area contributed by atoms with Gasteiger partial charge >= 0.3 is 5.97 Å². The maximum Gasteiger partial charge on any atom is 0.510 e. The first-order valence-electron chi connectivity index (χ1n) is 13.8. The summed E-state index contributed by atoms with van der Waals surface area (Å²) in [5, 5.41) is 62.3. The van der Waals surface area contributed by atoms with Crippen LogP contribution in [0.5, 0.6) is 34.5 Å². The molecule has 5 rings (SSSR count). The maximum absolute atomic E-state index is 12.1. The summed E-state index contributed by atoms with van der Waals surface area (Å²) in [6.07, 6.45) is -5.50.